The lowest BCUT2D eigenvalue weighted by molar-refractivity contribution is 0.389. The molecule has 1 aromatic heterocycles. The van der Waals surface area contributed by atoms with Crippen LogP contribution < -0.4 is 10.1 Å². The van der Waals surface area contributed by atoms with E-state index < -0.39 is 9.84 Å². The van der Waals surface area contributed by atoms with E-state index in [9.17, 15) is 8.42 Å². The second-order valence-electron chi connectivity index (χ2n) is 5.40. The second kappa shape index (κ2) is 5.09. The quantitative estimate of drug-likeness (QED) is 0.895. The highest BCUT2D eigenvalue weighted by Gasteiger charge is 2.37. The van der Waals surface area contributed by atoms with Crippen molar-refractivity contribution < 1.29 is 13.2 Å². The van der Waals surface area contributed by atoms with Gasteiger partial charge in [-0.05, 0) is 20.3 Å². The van der Waals surface area contributed by atoms with Crippen molar-refractivity contribution in [3.63, 3.8) is 0 Å². The normalized spacial score (nSPS) is 25.4. The van der Waals surface area contributed by atoms with Gasteiger partial charge in [0.2, 0.25) is 0 Å². The Hall–Kier alpha value is -1.14. The minimum absolute atomic E-state index is 0.197. The molecule has 1 aliphatic heterocycles. The molecule has 0 bridgehead atoms. The average Bonchev–Trinajstić information content (AvgIpc) is 2.61. The Morgan fingerprint density at radius 1 is 1.47 bits per heavy atom. The van der Waals surface area contributed by atoms with Crippen LogP contribution in [0.2, 0.25) is 0 Å². The maximum absolute atomic E-state index is 11.5. The van der Waals surface area contributed by atoms with Gasteiger partial charge in [0, 0.05) is 29.9 Å². The lowest BCUT2D eigenvalue weighted by Crippen LogP contribution is -2.43. The molecule has 6 heteroatoms. The molecule has 0 aliphatic carbocycles. The molecule has 0 amide bonds. The molecule has 106 valence electrons. The Bertz CT molecular complexity index is 571. The van der Waals surface area contributed by atoms with Crippen molar-refractivity contribution >= 4 is 9.84 Å². The van der Waals surface area contributed by atoms with Gasteiger partial charge in [-0.2, -0.15) is 0 Å². The van der Waals surface area contributed by atoms with Gasteiger partial charge in [-0.3, -0.25) is 4.98 Å². The topological polar surface area (TPSA) is 68.3 Å². The molecule has 1 aromatic rings. The molecular formula is C13H20N2O3S. The van der Waals surface area contributed by atoms with Gasteiger partial charge in [0.15, 0.2) is 9.84 Å². The van der Waals surface area contributed by atoms with Crippen LogP contribution in [0.5, 0.6) is 5.75 Å². The Balaban J connectivity index is 2.05. The van der Waals surface area contributed by atoms with Crippen LogP contribution in [-0.4, -0.2) is 37.6 Å². The second-order valence-corrected chi connectivity index (χ2v) is 7.58. The number of aryl methyl sites for hydroxylation is 1. The molecule has 1 fully saturated rings. The van der Waals surface area contributed by atoms with E-state index in [2.05, 4.69) is 10.3 Å². The van der Waals surface area contributed by atoms with E-state index in [0.29, 0.717) is 13.0 Å². The Morgan fingerprint density at radius 2 is 2.21 bits per heavy atom. The van der Waals surface area contributed by atoms with E-state index in [4.69, 9.17) is 4.74 Å². The van der Waals surface area contributed by atoms with Crippen LogP contribution in [0, 0.1) is 6.92 Å². The minimum atomic E-state index is -2.89. The molecule has 0 radical (unpaired) electrons. The number of nitrogens with zero attached hydrogens (tertiary/aromatic N) is 1. The third kappa shape index (κ3) is 3.67. The van der Waals surface area contributed by atoms with Crippen LogP contribution in [0.3, 0.4) is 0 Å². The number of ether oxygens (including phenoxy) is 1. The number of sulfone groups is 1. The number of methoxy groups -OCH3 is 1. The van der Waals surface area contributed by atoms with Crippen molar-refractivity contribution in [1.82, 2.24) is 10.3 Å². The Labute approximate surface area is 114 Å². The van der Waals surface area contributed by atoms with E-state index in [1.165, 1.54) is 0 Å². The summed E-state index contributed by atoms with van der Waals surface area (Å²) < 4.78 is 28.3. The van der Waals surface area contributed by atoms with Gasteiger partial charge in [0.05, 0.1) is 24.3 Å². The number of hydrogen-bond donors (Lipinski definition) is 1. The maximum Gasteiger partial charge on any atom is 0.152 e. The first-order valence-electron chi connectivity index (χ1n) is 6.29. The summed E-state index contributed by atoms with van der Waals surface area (Å²) in [5.74, 6) is 1.23. The van der Waals surface area contributed by atoms with Crippen LogP contribution in [0.25, 0.3) is 0 Å². The third-order valence-corrected chi connectivity index (χ3v) is 5.32. The summed E-state index contributed by atoms with van der Waals surface area (Å²) >= 11 is 0. The number of nitrogens with one attached hydrogen (secondary N) is 1. The fraction of sp³-hybridized carbons (Fsp3) is 0.615. The lowest BCUT2D eigenvalue weighted by atomic mass is 10.0. The molecular weight excluding hydrogens is 264 g/mol. The molecule has 0 aromatic carbocycles. The smallest absolute Gasteiger partial charge is 0.152 e. The first kappa shape index (κ1) is 14.3. The predicted molar refractivity (Wildman–Crippen MR) is 74.0 cm³/mol. The number of pyridine rings is 1. The van der Waals surface area contributed by atoms with Gasteiger partial charge >= 0.3 is 0 Å². The first-order valence-corrected chi connectivity index (χ1v) is 8.11. The third-order valence-electron chi connectivity index (χ3n) is 3.42. The highest BCUT2D eigenvalue weighted by molar-refractivity contribution is 7.91. The molecule has 0 saturated carbocycles. The van der Waals surface area contributed by atoms with E-state index in [1.807, 2.05) is 26.0 Å². The standard InChI is InChI=1S/C13H20N2O3S/c1-10-6-12(18-3)7-11(15-10)8-14-13(2)4-5-19(16,17)9-13/h6-7,14H,4-5,8-9H2,1-3H3. The highest BCUT2D eigenvalue weighted by atomic mass is 32.2. The Morgan fingerprint density at radius 3 is 2.79 bits per heavy atom. The summed E-state index contributed by atoms with van der Waals surface area (Å²) in [6.45, 7) is 4.41. The summed E-state index contributed by atoms with van der Waals surface area (Å²) in [7, 11) is -1.27. The summed E-state index contributed by atoms with van der Waals surface area (Å²) in [6, 6.07) is 3.73. The summed E-state index contributed by atoms with van der Waals surface area (Å²) in [6.07, 6.45) is 0.651. The van der Waals surface area contributed by atoms with Crippen molar-refractivity contribution in [2.75, 3.05) is 18.6 Å². The number of aromatic nitrogens is 1. The van der Waals surface area contributed by atoms with Crippen LogP contribution in [0.4, 0.5) is 0 Å². The molecule has 19 heavy (non-hydrogen) atoms. The number of rotatable bonds is 4. The van der Waals surface area contributed by atoms with E-state index >= 15 is 0 Å². The van der Waals surface area contributed by atoms with E-state index in [0.717, 1.165) is 17.1 Å². The van der Waals surface area contributed by atoms with Gasteiger partial charge in [0.25, 0.3) is 0 Å². The zero-order valence-corrected chi connectivity index (χ0v) is 12.4. The molecule has 1 N–H and O–H groups in total. The van der Waals surface area contributed by atoms with Gasteiger partial charge in [0.1, 0.15) is 5.75 Å². The van der Waals surface area contributed by atoms with E-state index in [-0.39, 0.29) is 17.0 Å². The lowest BCUT2D eigenvalue weighted by Gasteiger charge is -2.23. The molecule has 2 rings (SSSR count). The van der Waals surface area contributed by atoms with Gasteiger partial charge < -0.3 is 10.1 Å². The molecule has 1 unspecified atom stereocenters. The SMILES string of the molecule is COc1cc(C)nc(CNC2(C)CCS(=O)(=O)C2)c1. The molecule has 2 heterocycles. The average molecular weight is 284 g/mol. The molecule has 1 atom stereocenters. The van der Waals surface area contributed by atoms with Crippen LogP contribution in [-0.2, 0) is 16.4 Å². The molecule has 1 aliphatic rings. The van der Waals surface area contributed by atoms with Crippen LogP contribution in [0.15, 0.2) is 12.1 Å². The molecule has 1 saturated heterocycles. The first-order chi connectivity index (χ1) is 8.82. The van der Waals surface area contributed by atoms with Crippen LogP contribution >= 0.6 is 0 Å². The summed E-state index contributed by atoms with van der Waals surface area (Å²) in [5, 5.41) is 3.31. The summed E-state index contributed by atoms with van der Waals surface area (Å²) in [5.41, 5.74) is 1.40. The zero-order valence-electron chi connectivity index (χ0n) is 11.6. The highest BCUT2D eigenvalue weighted by Crippen LogP contribution is 2.23. The van der Waals surface area contributed by atoms with Gasteiger partial charge in [-0.15, -0.1) is 0 Å². The van der Waals surface area contributed by atoms with Gasteiger partial charge in [-0.1, -0.05) is 0 Å². The summed E-state index contributed by atoms with van der Waals surface area (Å²) in [4.78, 5) is 4.42. The largest absolute Gasteiger partial charge is 0.497 e. The monoisotopic (exact) mass is 284 g/mol. The molecule has 5 nitrogen and oxygen atoms in total. The molecule has 0 spiro atoms. The van der Waals surface area contributed by atoms with Crippen molar-refractivity contribution in [2.24, 2.45) is 0 Å². The van der Waals surface area contributed by atoms with Crippen molar-refractivity contribution in [3.8, 4) is 5.75 Å². The fourth-order valence-electron chi connectivity index (χ4n) is 2.37. The van der Waals surface area contributed by atoms with Crippen LogP contribution in [0.1, 0.15) is 24.7 Å². The van der Waals surface area contributed by atoms with Crippen molar-refractivity contribution in [3.05, 3.63) is 23.5 Å². The van der Waals surface area contributed by atoms with Gasteiger partial charge in [-0.25, -0.2) is 8.42 Å². The van der Waals surface area contributed by atoms with Crippen molar-refractivity contribution in [2.45, 2.75) is 32.4 Å². The fourth-order valence-corrected chi connectivity index (χ4v) is 4.49. The zero-order chi connectivity index (χ0) is 14.1. The van der Waals surface area contributed by atoms with E-state index in [1.54, 1.807) is 7.11 Å². The predicted octanol–water partition coefficient (Wildman–Crippen LogP) is 1.07. The number of hydrogen-bond acceptors (Lipinski definition) is 5. The minimum Gasteiger partial charge on any atom is -0.497 e. The maximum atomic E-state index is 11.5. The Kier molecular flexibility index (Phi) is 3.82. The van der Waals surface area contributed by atoms with Crippen molar-refractivity contribution in [1.29, 1.82) is 0 Å².